The highest BCUT2D eigenvalue weighted by Gasteiger charge is 2.14. The first kappa shape index (κ1) is 15.9. The predicted octanol–water partition coefficient (Wildman–Crippen LogP) is 2.99. The second-order valence-corrected chi connectivity index (χ2v) is 4.71. The van der Waals surface area contributed by atoms with Gasteiger partial charge in [0.2, 0.25) is 5.91 Å². The Kier molecular flexibility index (Phi) is 5.06. The third-order valence-corrected chi connectivity index (χ3v) is 3.08. The van der Waals surface area contributed by atoms with E-state index in [2.05, 4.69) is 10.6 Å². The van der Waals surface area contributed by atoms with Crippen LogP contribution in [0.2, 0.25) is 5.02 Å². The Morgan fingerprint density at radius 1 is 1.00 bits per heavy atom. The van der Waals surface area contributed by atoms with Crippen molar-refractivity contribution in [1.82, 2.24) is 5.32 Å². The highest BCUT2D eigenvalue weighted by atomic mass is 35.5. The third-order valence-electron chi connectivity index (χ3n) is 2.76. The fourth-order valence-corrected chi connectivity index (χ4v) is 1.92. The van der Waals surface area contributed by atoms with Crippen molar-refractivity contribution < 1.29 is 18.4 Å². The van der Waals surface area contributed by atoms with Gasteiger partial charge in [0.05, 0.1) is 17.1 Å². The molecule has 2 aromatic carbocycles. The van der Waals surface area contributed by atoms with Gasteiger partial charge in [-0.05, 0) is 24.3 Å². The maximum absolute atomic E-state index is 13.4. The molecule has 2 rings (SSSR count). The molecule has 0 fully saturated rings. The highest BCUT2D eigenvalue weighted by Crippen LogP contribution is 2.17. The zero-order valence-corrected chi connectivity index (χ0v) is 12.0. The number of amides is 2. The number of carbonyl (C=O) groups is 2. The topological polar surface area (TPSA) is 58.2 Å². The van der Waals surface area contributed by atoms with E-state index in [1.54, 1.807) is 12.1 Å². The van der Waals surface area contributed by atoms with Crippen LogP contribution in [0.25, 0.3) is 0 Å². The number of hydrogen-bond acceptors (Lipinski definition) is 2. The molecule has 2 amide bonds. The highest BCUT2D eigenvalue weighted by molar-refractivity contribution is 6.33. The van der Waals surface area contributed by atoms with E-state index in [1.165, 1.54) is 18.2 Å². The monoisotopic (exact) mass is 324 g/mol. The number of hydrogen-bond donors (Lipinski definition) is 2. The number of nitrogens with one attached hydrogen (secondary N) is 2. The minimum atomic E-state index is -0.897. The first-order valence-corrected chi connectivity index (χ1v) is 6.63. The van der Waals surface area contributed by atoms with E-state index in [-0.39, 0.29) is 10.6 Å². The molecule has 4 nitrogen and oxygen atoms in total. The molecule has 0 bridgehead atoms. The second-order valence-electron chi connectivity index (χ2n) is 4.31. The molecule has 0 aromatic heterocycles. The van der Waals surface area contributed by atoms with Crippen molar-refractivity contribution in [2.75, 3.05) is 11.9 Å². The van der Waals surface area contributed by atoms with E-state index in [9.17, 15) is 18.4 Å². The third kappa shape index (κ3) is 3.79. The Labute approximate surface area is 130 Å². The molecule has 2 N–H and O–H groups in total. The van der Waals surface area contributed by atoms with Gasteiger partial charge in [0.1, 0.15) is 17.3 Å². The Morgan fingerprint density at radius 2 is 1.64 bits per heavy atom. The van der Waals surface area contributed by atoms with Gasteiger partial charge < -0.3 is 10.6 Å². The molecule has 0 aliphatic rings. The summed E-state index contributed by atoms with van der Waals surface area (Å²) in [6, 6.07) is 9.52. The van der Waals surface area contributed by atoms with Gasteiger partial charge in [0.25, 0.3) is 5.91 Å². The van der Waals surface area contributed by atoms with E-state index in [0.717, 1.165) is 12.1 Å². The fourth-order valence-electron chi connectivity index (χ4n) is 1.70. The van der Waals surface area contributed by atoms with Crippen LogP contribution in [0.1, 0.15) is 10.4 Å². The summed E-state index contributed by atoms with van der Waals surface area (Å²) in [4.78, 5) is 23.5. The van der Waals surface area contributed by atoms with Gasteiger partial charge in [-0.2, -0.15) is 0 Å². The van der Waals surface area contributed by atoms with Crippen molar-refractivity contribution in [3.63, 3.8) is 0 Å². The number of anilines is 1. The summed E-state index contributed by atoms with van der Waals surface area (Å²) in [5.74, 6) is -3.12. The average Bonchev–Trinajstić information content (AvgIpc) is 2.49. The molecule has 7 heteroatoms. The molecule has 22 heavy (non-hydrogen) atoms. The summed E-state index contributed by atoms with van der Waals surface area (Å²) in [6.45, 7) is -0.447. The van der Waals surface area contributed by atoms with Crippen LogP contribution in [-0.4, -0.2) is 18.4 Å². The molecule has 0 saturated carbocycles. The van der Waals surface area contributed by atoms with Crippen molar-refractivity contribution in [1.29, 1.82) is 0 Å². The molecule has 0 heterocycles. The molecule has 2 aromatic rings. The van der Waals surface area contributed by atoms with Gasteiger partial charge in [-0.15, -0.1) is 0 Å². The number of carbonyl (C=O) groups excluding carboxylic acids is 2. The summed E-state index contributed by atoms with van der Waals surface area (Å²) in [5, 5.41) is 4.62. The van der Waals surface area contributed by atoms with Crippen molar-refractivity contribution >= 4 is 29.1 Å². The first-order valence-electron chi connectivity index (χ1n) is 6.25. The minimum Gasteiger partial charge on any atom is -0.343 e. The second kappa shape index (κ2) is 7.00. The van der Waals surface area contributed by atoms with E-state index in [0.29, 0.717) is 0 Å². The Morgan fingerprint density at radius 3 is 2.27 bits per heavy atom. The van der Waals surface area contributed by atoms with Gasteiger partial charge >= 0.3 is 0 Å². The van der Waals surface area contributed by atoms with Crippen LogP contribution in [0.15, 0.2) is 42.5 Å². The quantitative estimate of drug-likeness (QED) is 0.908. The van der Waals surface area contributed by atoms with Gasteiger partial charge in [0.15, 0.2) is 0 Å². The van der Waals surface area contributed by atoms with Crippen LogP contribution in [0, 0.1) is 11.6 Å². The molecule has 114 valence electrons. The fraction of sp³-hybridized carbons (Fsp3) is 0.0667. The largest absolute Gasteiger partial charge is 0.343 e. The number of rotatable bonds is 4. The van der Waals surface area contributed by atoms with E-state index >= 15 is 0 Å². The number of para-hydroxylation sites is 1. The maximum atomic E-state index is 13.4. The Hall–Kier alpha value is -2.47. The average molecular weight is 325 g/mol. The van der Waals surface area contributed by atoms with Crippen LogP contribution >= 0.6 is 11.6 Å². The van der Waals surface area contributed by atoms with Gasteiger partial charge in [-0.25, -0.2) is 8.78 Å². The molecule has 0 aliphatic carbocycles. The van der Waals surface area contributed by atoms with Crippen LogP contribution < -0.4 is 10.6 Å². The molecular formula is C15H11ClF2N2O2. The lowest BCUT2D eigenvalue weighted by molar-refractivity contribution is -0.115. The molecule has 0 atom stereocenters. The molecule has 0 unspecified atom stereocenters. The summed E-state index contributed by atoms with van der Waals surface area (Å²) >= 11 is 5.85. The van der Waals surface area contributed by atoms with Crippen molar-refractivity contribution in [3.8, 4) is 0 Å². The zero-order valence-electron chi connectivity index (χ0n) is 11.2. The summed E-state index contributed by atoms with van der Waals surface area (Å²) in [5.41, 5.74) is -0.353. The summed E-state index contributed by atoms with van der Waals surface area (Å²) in [7, 11) is 0. The molecular weight excluding hydrogens is 314 g/mol. The molecule has 0 spiro atoms. The zero-order chi connectivity index (χ0) is 16.1. The van der Waals surface area contributed by atoms with Crippen molar-refractivity contribution in [2.24, 2.45) is 0 Å². The summed E-state index contributed by atoms with van der Waals surface area (Å²) in [6.07, 6.45) is 0. The Balaban J connectivity index is 1.96. The smallest absolute Gasteiger partial charge is 0.253 e. The van der Waals surface area contributed by atoms with Gasteiger partial charge in [-0.1, -0.05) is 29.8 Å². The maximum Gasteiger partial charge on any atom is 0.253 e. The number of benzene rings is 2. The predicted molar refractivity (Wildman–Crippen MR) is 78.8 cm³/mol. The molecule has 0 radical (unpaired) electrons. The number of halogens is 3. The normalized spacial score (nSPS) is 10.1. The van der Waals surface area contributed by atoms with Crippen molar-refractivity contribution in [3.05, 3.63) is 64.7 Å². The van der Waals surface area contributed by atoms with E-state index in [4.69, 9.17) is 11.6 Å². The minimum absolute atomic E-state index is 0.203. The standard InChI is InChI=1S/C15H11ClF2N2O2/c16-10-5-2-1-4-9(10)15(22)19-8-13(21)20-14-11(17)6-3-7-12(14)18/h1-7H,8H2,(H,19,22)(H,20,21). The van der Waals surface area contributed by atoms with Crippen LogP contribution in [0.4, 0.5) is 14.5 Å². The van der Waals surface area contributed by atoms with Crippen LogP contribution in [0.3, 0.4) is 0 Å². The summed E-state index contributed by atoms with van der Waals surface area (Å²) < 4.78 is 26.7. The first-order chi connectivity index (χ1) is 10.5. The van der Waals surface area contributed by atoms with Gasteiger partial charge in [0, 0.05) is 0 Å². The van der Waals surface area contributed by atoms with E-state index in [1.807, 2.05) is 0 Å². The Bertz CT molecular complexity index is 702. The molecule has 0 saturated heterocycles. The lowest BCUT2D eigenvalue weighted by atomic mass is 10.2. The lowest BCUT2D eigenvalue weighted by Gasteiger charge is -2.09. The van der Waals surface area contributed by atoms with Crippen LogP contribution in [-0.2, 0) is 4.79 Å². The molecule has 0 aliphatic heterocycles. The van der Waals surface area contributed by atoms with Crippen molar-refractivity contribution in [2.45, 2.75) is 0 Å². The SMILES string of the molecule is O=C(CNC(=O)c1ccccc1Cl)Nc1c(F)cccc1F. The van der Waals surface area contributed by atoms with E-state index < -0.39 is 35.7 Å². The van der Waals surface area contributed by atoms with Gasteiger partial charge in [-0.3, -0.25) is 9.59 Å². The van der Waals surface area contributed by atoms with Crippen LogP contribution in [0.5, 0.6) is 0 Å². The lowest BCUT2D eigenvalue weighted by Crippen LogP contribution is -2.33.